The van der Waals surface area contributed by atoms with Crippen LogP contribution in [0.4, 0.5) is 0 Å². The third-order valence-electron chi connectivity index (χ3n) is 5.31. The first-order chi connectivity index (χ1) is 10.8. The average Bonchev–Trinajstić information content (AvgIpc) is 3.23. The van der Waals surface area contributed by atoms with Crippen molar-refractivity contribution in [3.63, 3.8) is 0 Å². The molecule has 0 amide bonds. The normalized spacial score (nSPS) is 28.0. The number of rotatable bonds is 4. The highest BCUT2D eigenvalue weighted by molar-refractivity contribution is 5.61. The number of likely N-dealkylation sites (tertiary alicyclic amines) is 1. The molecule has 0 bridgehead atoms. The SMILES string of the molecule is C[C@H]1CCCN1CC1C[C@@H]1c1ccc(-c2cncnc2)cc1. The van der Waals surface area contributed by atoms with Crippen LogP contribution in [0.1, 0.15) is 37.7 Å². The minimum Gasteiger partial charge on any atom is -0.300 e. The number of nitrogens with zero attached hydrogens (tertiary/aromatic N) is 3. The van der Waals surface area contributed by atoms with Gasteiger partial charge >= 0.3 is 0 Å². The van der Waals surface area contributed by atoms with Gasteiger partial charge in [0.15, 0.2) is 0 Å². The van der Waals surface area contributed by atoms with Crippen LogP contribution in [0.5, 0.6) is 0 Å². The van der Waals surface area contributed by atoms with Gasteiger partial charge in [0, 0.05) is 30.5 Å². The lowest BCUT2D eigenvalue weighted by molar-refractivity contribution is 0.256. The van der Waals surface area contributed by atoms with Gasteiger partial charge in [0.1, 0.15) is 6.33 Å². The van der Waals surface area contributed by atoms with Gasteiger partial charge in [-0.15, -0.1) is 0 Å². The fourth-order valence-electron chi connectivity index (χ4n) is 3.79. The molecular weight excluding hydrogens is 270 g/mol. The van der Waals surface area contributed by atoms with Crippen LogP contribution >= 0.6 is 0 Å². The quantitative estimate of drug-likeness (QED) is 0.860. The molecule has 3 atom stereocenters. The van der Waals surface area contributed by atoms with E-state index in [4.69, 9.17) is 0 Å². The zero-order valence-electron chi connectivity index (χ0n) is 13.2. The Kier molecular flexibility index (Phi) is 3.67. The summed E-state index contributed by atoms with van der Waals surface area (Å²) in [4.78, 5) is 10.9. The first kappa shape index (κ1) is 13.9. The standard InChI is InChI=1S/C19H23N3/c1-14-3-2-8-22(14)12-17-9-19(17)16-6-4-15(5-7-16)18-10-20-13-21-11-18/h4-7,10-11,13-14,17,19H,2-3,8-9,12H2,1H3/t14-,17?,19+/m0/s1. The Morgan fingerprint density at radius 2 is 1.86 bits per heavy atom. The minimum atomic E-state index is 0.772. The summed E-state index contributed by atoms with van der Waals surface area (Å²) in [5.41, 5.74) is 3.79. The minimum absolute atomic E-state index is 0.772. The molecule has 2 heterocycles. The summed E-state index contributed by atoms with van der Waals surface area (Å²) >= 11 is 0. The monoisotopic (exact) mass is 293 g/mol. The highest BCUT2D eigenvalue weighted by Gasteiger charge is 2.40. The molecule has 3 heteroatoms. The lowest BCUT2D eigenvalue weighted by Crippen LogP contribution is -2.29. The molecule has 0 N–H and O–H groups in total. The number of benzene rings is 1. The molecule has 2 aliphatic rings. The molecule has 2 aromatic rings. The van der Waals surface area contributed by atoms with E-state index in [-0.39, 0.29) is 0 Å². The Morgan fingerprint density at radius 1 is 1.09 bits per heavy atom. The molecule has 0 radical (unpaired) electrons. The van der Waals surface area contributed by atoms with Crippen LogP contribution in [0.2, 0.25) is 0 Å². The van der Waals surface area contributed by atoms with E-state index >= 15 is 0 Å². The molecule has 1 saturated carbocycles. The highest BCUT2D eigenvalue weighted by atomic mass is 15.2. The average molecular weight is 293 g/mol. The van der Waals surface area contributed by atoms with E-state index in [0.29, 0.717) is 0 Å². The first-order valence-corrected chi connectivity index (χ1v) is 8.40. The van der Waals surface area contributed by atoms with Gasteiger partial charge in [-0.05, 0) is 55.7 Å². The maximum atomic E-state index is 4.09. The van der Waals surface area contributed by atoms with E-state index in [0.717, 1.165) is 23.4 Å². The molecule has 114 valence electrons. The number of hydrogen-bond donors (Lipinski definition) is 0. The summed E-state index contributed by atoms with van der Waals surface area (Å²) in [5.74, 6) is 1.64. The van der Waals surface area contributed by atoms with Crippen molar-refractivity contribution in [2.75, 3.05) is 13.1 Å². The second-order valence-corrected chi connectivity index (χ2v) is 6.84. The lowest BCUT2D eigenvalue weighted by Gasteiger charge is -2.20. The molecule has 22 heavy (non-hydrogen) atoms. The van der Waals surface area contributed by atoms with E-state index in [2.05, 4.69) is 46.1 Å². The van der Waals surface area contributed by atoms with Gasteiger partial charge in [-0.1, -0.05) is 24.3 Å². The van der Waals surface area contributed by atoms with Crippen molar-refractivity contribution in [2.45, 2.75) is 38.1 Å². The third-order valence-corrected chi connectivity index (χ3v) is 5.31. The predicted molar refractivity (Wildman–Crippen MR) is 88.6 cm³/mol. The Hall–Kier alpha value is -1.74. The van der Waals surface area contributed by atoms with Gasteiger partial charge in [0.2, 0.25) is 0 Å². The van der Waals surface area contributed by atoms with Gasteiger partial charge in [0.05, 0.1) is 0 Å². The molecule has 1 aliphatic heterocycles. The van der Waals surface area contributed by atoms with Crippen LogP contribution in [0.15, 0.2) is 43.0 Å². The summed E-state index contributed by atoms with van der Waals surface area (Å²) in [6, 6.07) is 9.80. The van der Waals surface area contributed by atoms with Crippen molar-refractivity contribution in [1.29, 1.82) is 0 Å². The van der Waals surface area contributed by atoms with E-state index in [1.54, 1.807) is 6.33 Å². The van der Waals surface area contributed by atoms with Gasteiger partial charge in [-0.3, -0.25) is 0 Å². The van der Waals surface area contributed by atoms with Crippen LogP contribution in [-0.4, -0.2) is 34.0 Å². The zero-order valence-corrected chi connectivity index (χ0v) is 13.2. The summed E-state index contributed by atoms with van der Waals surface area (Å²) in [6.45, 7) is 4.97. The molecule has 2 fully saturated rings. The van der Waals surface area contributed by atoms with Crippen molar-refractivity contribution in [3.05, 3.63) is 48.5 Å². The van der Waals surface area contributed by atoms with Crippen LogP contribution < -0.4 is 0 Å². The predicted octanol–water partition coefficient (Wildman–Crippen LogP) is 3.73. The molecule has 1 saturated heterocycles. The van der Waals surface area contributed by atoms with Gasteiger partial charge < -0.3 is 4.90 Å². The van der Waals surface area contributed by atoms with Crippen molar-refractivity contribution in [1.82, 2.24) is 14.9 Å². The Balaban J connectivity index is 1.40. The molecular formula is C19H23N3. The van der Waals surface area contributed by atoms with E-state index in [1.807, 2.05) is 12.4 Å². The topological polar surface area (TPSA) is 29.0 Å². The van der Waals surface area contributed by atoms with Gasteiger partial charge in [-0.2, -0.15) is 0 Å². The Morgan fingerprint density at radius 3 is 2.55 bits per heavy atom. The van der Waals surface area contributed by atoms with Crippen molar-refractivity contribution in [2.24, 2.45) is 5.92 Å². The smallest absolute Gasteiger partial charge is 0.115 e. The van der Waals surface area contributed by atoms with Gasteiger partial charge in [-0.25, -0.2) is 9.97 Å². The van der Waals surface area contributed by atoms with E-state index in [9.17, 15) is 0 Å². The first-order valence-electron chi connectivity index (χ1n) is 8.40. The molecule has 4 rings (SSSR count). The van der Waals surface area contributed by atoms with Crippen LogP contribution in [0.3, 0.4) is 0 Å². The molecule has 1 aromatic heterocycles. The summed E-state index contributed by atoms with van der Waals surface area (Å²) in [6.07, 6.45) is 9.44. The van der Waals surface area contributed by atoms with Crippen molar-refractivity contribution in [3.8, 4) is 11.1 Å². The molecule has 3 nitrogen and oxygen atoms in total. The molecule has 1 aromatic carbocycles. The van der Waals surface area contributed by atoms with E-state index in [1.165, 1.54) is 43.5 Å². The fraction of sp³-hybridized carbons (Fsp3) is 0.474. The van der Waals surface area contributed by atoms with E-state index < -0.39 is 0 Å². The lowest BCUT2D eigenvalue weighted by atomic mass is 10.0. The number of hydrogen-bond acceptors (Lipinski definition) is 3. The maximum absolute atomic E-state index is 4.09. The summed E-state index contributed by atoms with van der Waals surface area (Å²) in [5, 5.41) is 0. The van der Waals surface area contributed by atoms with Crippen LogP contribution in [-0.2, 0) is 0 Å². The maximum Gasteiger partial charge on any atom is 0.115 e. The third kappa shape index (κ3) is 2.78. The second kappa shape index (κ2) is 5.81. The second-order valence-electron chi connectivity index (χ2n) is 6.84. The van der Waals surface area contributed by atoms with Crippen LogP contribution in [0.25, 0.3) is 11.1 Å². The molecule has 0 spiro atoms. The van der Waals surface area contributed by atoms with Crippen LogP contribution in [0, 0.1) is 5.92 Å². The van der Waals surface area contributed by atoms with Gasteiger partial charge in [0.25, 0.3) is 0 Å². The fourth-order valence-corrected chi connectivity index (χ4v) is 3.79. The summed E-state index contributed by atoms with van der Waals surface area (Å²) in [7, 11) is 0. The van der Waals surface area contributed by atoms with Crippen molar-refractivity contribution < 1.29 is 0 Å². The Labute approximate surface area is 132 Å². The number of aromatic nitrogens is 2. The molecule has 1 unspecified atom stereocenters. The molecule has 1 aliphatic carbocycles. The van der Waals surface area contributed by atoms with Crippen molar-refractivity contribution >= 4 is 0 Å². The highest BCUT2D eigenvalue weighted by Crippen LogP contribution is 2.48. The zero-order chi connectivity index (χ0) is 14.9. The largest absolute Gasteiger partial charge is 0.300 e. The summed E-state index contributed by atoms with van der Waals surface area (Å²) < 4.78 is 0. The Bertz CT molecular complexity index is 623.